The van der Waals surface area contributed by atoms with E-state index in [1.165, 1.54) is 14.0 Å². The summed E-state index contributed by atoms with van der Waals surface area (Å²) < 4.78 is 0. The number of nitrogens with zero attached hydrogens (tertiary/aromatic N) is 2. The number of carbonyl (C=O) groups is 2. The lowest BCUT2D eigenvalue weighted by Gasteiger charge is -2.13. The molecule has 0 aromatic carbocycles. The molecule has 1 amide bonds. The van der Waals surface area contributed by atoms with Gasteiger partial charge < -0.3 is 27.6 Å². The van der Waals surface area contributed by atoms with Gasteiger partial charge in [0.25, 0.3) is 0 Å². The van der Waals surface area contributed by atoms with E-state index in [1.807, 2.05) is 0 Å². The maximum Gasteiger partial charge on any atom is 0.248 e. The number of aliphatic hydroxyl groups is 1. The molecule has 9 N–H and O–H groups in total. The minimum Gasteiger partial charge on any atom is -0.383 e. The molecule has 2 atom stereocenters. The Labute approximate surface area is 134 Å². The van der Waals surface area contributed by atoms with Crippen LogP contribution >= 0.6 is 0 Å². The first-order valence-electron chi connectivity index (χ1n) is 6.95. The third kappa shape index (κ3) is 10.0. The minimum absolute atomic E-state index is 0.0454. The van der Waals surface area contributed by atoms with E-state index in [0.29, 0.717) is 6.42 Å². The van der Waals surface area contributed by atoms with Crippen LogP contribution < -0.4 is 28.0 Å². The van der Waals surface area contributed by atoms with E-state index in [0.717, 1.165) is 0 Å². The summed E-state index contributed by atoms with van der Waals surface area (Å²) >= 11 is 0. The third-order valence-corrected chi connectivity index (χ3v) is 2.67. The van der Waals surface area contributed by atoms with Crippen LogP contribution in [0.1, 0.15) is 19.8 Å². The summed E-state index contributed by atoms with van der Waals surface area (Å²) in [6.07, 6.45) is -1.29. The Kier molecular flexibility index (Phi) is 10.0. The van der Waals surface area contributed by atoms with Crippen LogP contribution in [0.15, 0.2) is 9.98 Å². The van der Waals surface area contributed by atoms with Crippen molar-refractivity contribution in [2.75, 3.05) is 20.1 Å². The van der Waals surface area contributed by atoms with Crippen LogP contribution in [0.5, 0.6) is 0 Å². The van der Waals surface area contributed by atoms with Crippen LogP contribution in [0, 0.1) is 0 Å². The number of hydrogen-bond acceptors (Lipinski definition) is 6. The molecule has 132 valence electrons. The average Bonchev–Trinajstić information content (AvgIpc) is 2.49. The lowest BCUT2D eigenvalue weighted by atomic mass is 10.2. The topological polar surface area (TPSA) is 190 Å². The van der Waals surface area contributed by atoms with Gasteiger partial charge in [-0.25, -0.2) is 5.48 Å². The number of ketones is 1. The number of nitrogens with one attached hydrogen (secondary N) is 2. The van der Waals surface area contributed by atoms with Crippen LogP contribution in [-0.4, -0.2) is 61.1 Å². The van der Waals surface area contributed by atoms with Gasteiger partial charge in [0.1, 0.15) is 6.10 Å². The van der Waals surface area contributed by atoms with E-state index in [-0.39, 0.29) is 37.2 Å². The molecular formula is C12H25N7O4. The molecule has 11 heteroatoms. The van der Waals surface area contributed by atoms with Gasteiger partial charge in [0.05, 0.1) is 6.54 Å². The predicted octanol–water partition coefficient (Wildman–Crippen LogP) is -3.06. The van der Waals surface area contributed by atoms with E-state index in [1.54, 1.807) is 0 Å². The molecule has 2 unspecified atom stereocenters. The number of hydroxylamine groups is 1. The van der Waals surface area contributed by atoms with Crippen molar-refractivity contribution in [1.29, 1.82) is 0 Å². The van der Waals surface area contributed by atoms with Crippen LogP contribution in [0.2, 0.25) is 0 Å². The molecule has 0 aromatic heterocycles. The smallest absolute Gasteiger partial charge is 0.248 e. The van der Waals surface area contributed by atoms with Crippen molar-refractivity contribution in [3.8, 4) is 0 Å². The molecule has 0 bridgehead atoms. The lowest BCUT2D eigenvalue weighted by Crippen LogP contribution is -2.40. The second-order valence-electron chi connectivity index (χ2n) is 4.62. The maximum absolute atomic E-state index is 11.3. The zero-order valence-corrected chi connectivity index (χ0v) is 13.3. The highest BCUT2D eigenvalue weighted by atomic mass is 16.7. The molecule has 0 aliphatic heterocycles. The summed E-state index contributed by atoms with van der Waals surface area (Å²) in [5, 5.41) is 11.8. The normalized spacial score (nSPS) is 13.8. The van der Waals surface area contributed by atoms with E-state index in [4.69, 9.17) is 22.0 Å². The van der Waals surface area contributed by atoms with Crippen LogP contribution in [0.4, 0.5) is 0 Å². The summed E-state index contributed by atoms with van der Waals surface area (Å²) in [4.78, 5) is 35.1. The number of hydrogen-bond donors (Lipinski definition) is 6. The molecule has 23 heavy (non-hydrogen) atoms. The van der Waals surface area contributed by atoms with Gasteiger partial charge in [0, 0.05) is 13.6 Å². The summed E-state index contributed by atoms with van der Waals surface area (Å²) in [6.45, 7) is 1.55. The number of guanidine groups is 2. The molecule has 0 rings (SSSR count). The van der Waals surface area contributed by atoms with E-state index >= 15 is 0 Å². The standard InChI is InChI=1S/C12H25N7O4/c1-7(20)9(6-18-11(13)14)23-19-12(15)17-5-3-4-8(21)10(22)16-2/h8-9,21H,3-6H2,1-2H3,(H,16,22)(H4,13,14,18)(H3,15,17,19). The number of nitrogens with two attached hydrogens (primary N) is 3. The third-order valence-electron chi connectivity index (χ3n) is 2.67. The molecule has 0 aliphatic rings. The fraction of sp³-hybridized carbons (Fsp3) is 0.667. The number of carbonyl (C=O) groups excluding carboxylic acids is 2. The Bertz CT molecular complexity index is 449. The molecule has 0 saturated heterocycles. The Balaban J connectivity index is 4.15. The number of aliphatic imine (C=N–C) groups is 2. The van der Waals surface area contributed by atoms with Crippen molar-refractivity contribution in [2.45, 2.75) is 32.0 Å². The van der Waals surface area contributed by atoms with E-state index in [9.17, 15) is 14.7 Å². The Morgan fingerprint density at radius 3 is 2.43 bits per heavy atom. The van der Waals surface area contributed by atoms with Crippen molar-refractivity contribution in [1.82, 2.24) is 10.8 Å². The molecule has 11 nitrogen and oxygen atoms in total. The van der Waals surface area contributed by atoms with Crippen molar-refractivity contribution in [3.63, 3.8) is 0 Å². The summed E-state index contributed by atoms with van der Waals surface area (Å²) in [5.41, 5.74) is 18.2. The van der Waals surface area contributed by atoms with Gasteiger partial charge in [0.15, 0.2) is 17.8 Å². The average molecular weight is 331 g/mol. The molecule has 0 heterocycles. The summed E-state index contributed by atoms with van der Waals surface area (Å²) in [7, 11) is 1.44. The summed E-state index contributed by atoms with van der Waals surface area (Å²) in [6, 6.07) is 0. The number of Topliss-reactive ketones (excluding diaryl/α,β-unsaturated/α-hetero) is 1. The first-order valence-corrected chi connectivity index (χ1v) is 6.95. The van der Waals surface area contributed by atoms with Gasteiger partial charge in [0.2, 0.25) is 11.9 Å². The van der Waals surface area contributed by atoms with Gasteiger partial charge in [-0.3, -0.25) is 24.4 Å². The number of aliphatic hydroxyl groups excluding tert-OH is 1. The molecule has 0 saturated carbocycles. The lowest BCUT2D eigenvalue weighted by molar-refractivity contribution is -0.130. The largest absolute Gasteiger partial charge is 0.383 e. The molecular weight excluding hydrogens is 306 g/mol. The second-order valence-corrected chi connectivity index (χ2v) is 4.62. The van der Waals surface area contributed by atoms with Crippen LogP contribution in [0.3, 0.4) is 0 Å². The number of likely N-dealkylation sites (N-methyl/N-ethyl adjacent to an activating group) is 1. The van der Waals surface area contributed by atoms with E-state index in [2.05, 4.69) is 20.8 Å². The summed E-state index contributed by atoms with van der Waals surface area (Å²) in [5.74, 6) is -0.942. The second kappa shape index (κ2) is 11.2. The first kappa shape index (κ1) is 20.6. The van der Waals surface area contributed by atoms with Crippen molar-refractivity contribution >= 4 is 23.6 Å². The fourth-order valence-electron chi connectivity index (χ4n) is 1.38. The fourth-order valence-corrected chi connectivity index (χ4v) is 1.38. The number of rotatable bonds is 10. The van der Waals surface area contributed by atoms with Gasteiger partial charge in [-0.1, -0.05) is 0 Å². The van der Waals surface area contributed by atoms with Gasteiger partial charge in [-0.15, -0.1) is 0 Å². The highest BCUT2D eigenvalue weighted by Crippen LogP contribution is 1.97. The Morgan fingerprint density at radius 2 is 1.91 bits per heavy atom. The molecule has 0 fully saturated rings. The van der Waals surface area contributed by atoms with Gasteiger partial charge in [-0.05, 0) is 19.8 Å². The monoisotopic (exact) mass is 331 g/mol. The molecule has 0 aliphatic carbocycles. The van der Waals surface area contributed by atoms with Crippen LogP contribution in [0.25, 0.3) is 0 Å². The van der Waals surface area contributed by atoms with Gasteiger partial charge in [-0.2, -0.15) is 0 Å². The quantitative estimate of drug-likeness (QED) is 0.105. The van der Waals surface area contributed by atoms with Crippen LogP contribution in [-0.2, 0) is 14.4 Å². The minimum atomic E-state index is -1.08. The highest BCUT2D eigenvalue weighted by Gasteiger charge is 2.15. The van der Waals surface area contributed by atoms with Crippen molar-refractivity contribution < 1.29 is 19.5 Å². The number of amides is 1. The zero-order chi connectivity index (χ0) is 17.8. The molecule has 0 aromatic rings. The SMILES string of the molecule is CNC(=O)C(O)CCCN=C(N)NOC(CN=C(N)N)C(C)=O. The first-order chi connectivity index (χ1) is 10.8. The predicted molar refractivity (Wildman–Crippen MR) is 85.2 cm³/mol. The Hall–Kier alpha value is -2.40. The Morgan fingerprint density at radius 1 is 1.26 bits per heavy atom. The highest BCUT2D eigenvalue weighted by molar-refractivity contribution is 5.82. The maximum atomic E-state index is 11.3. The van der Waals surface area contributed by atoms with Crippen molar-refractivity contribution in [2.24, 2.45) is 27.2 Å². The van der Waals surface area contributed by atoms with Gasteiger partial charge >= 0.3 is 0 Å². The molecule has 0 spiro atoms. The zero-order valence-electron chi connectivity index (χ0n) is 13.3. The van der Waals surface area contributed by atoms with Crippen molar-refractivity contribution in [3.05, 3.63) is 0 Å². The molecule has 0 radical (unpaired) electrons. The van der Waals surface area contributed by atoms with E-state index < -0.39 is 18.1 Å².